The van der Waals surface area contributed by atoms with Crippen molar-refractivity contribution in [1.29, 1.82) is 0 Å². The Bertz CT molecular complexity index is 852. The van der Waals surface area contributed by atoms with E-state index in [9.17, 15) is 0 Å². The van der Waals surface area contributed by atoms with E-state index in [4.69, 9.17) is 10.7 Å². The van der Waals surface area contributed by atoms with E-state index in [1.165, 1.54) is 32.1 Å². The summed E-state index contributed by atoms with van der Waals surface area (Å²) in [6.07, 6.45) is 12.9. The van der Waals surface area contributed by atoms with E-state index >= 15 is 0 Å². The van der Waals surface area contributed by atoms with Gasteiger partial charge in [0.25, 0.3) is 0 Å². The molecule has 7 heteroatoms. The molecule has 1 aliphatic rings. The lowest BCUT2D eigenvalue weighted by atomic mass is 9.85. The highest BCUT2D eigenvalue weighted by molar-refractivity contribution is 7.18. The largest absolute Gasteiger partial charge is 0.322 e. The van der Waals surface area contributed by atoms with Crippen LogP contribution in [0.15, 0.2) is 24.0 Å². The van der Waals surface area contributed by atoms with Gasteiger partial charge in [-0.05, 0) is 19.3 Å². The predicted octanol–water partition coefficient (Wildman–Crippen LogP) is 5.00. The molecular formula is C19H23N5S2. The van der Waals surface area contributed by atoms with E-state index in [0.717, 1.165) is 44.3 Å². The zero-order valence-corrected chi connectivity index (χ0v) is 16.5. The summed E-state index contributed by atoms with van der Waals surface area (Å²) in [5.74, 6) is 0.763. The first-order valence-electron chi connectivity index (χ1n) is 9.16. The molecule has 0 aromatic carbocycles. The number of nitrogens with two attached hydrogens (primary N) is 1. The molecule has 3 heterocycles. The molecule has 0 bridgehead atoms. The summed E-state index contributed by atoms with van der Waals surface area (Å²) >= 11 is 3.29. The van der Waals surface area contributed by atoms with Crippen molar-refractivity contribution in [2.24, 2.45) is 11.7 Å². The van der Waals surface area contributed by atoms with E-state index in [1.54, 1.807) is 41.3 Å². The van der Waals surface area contributed by atoms with Gasteiger partial charge in [0.2, 0.25) is 0 Å². The number of hydrogen-bond acceptors (Lipinski definition) is 7. The maximum Gasteiger partial charge on any atom is 0.144 e. The maximum atomic E-state index is 6.47. The zero-order chi connectivity index (χ0) is 17.9. The molecule has 4 rings (SSSR count). The van der Waals surface area contributed by atoms with Gasteiger partial charge in [-0.15, -0.1) is 22.7 Å². The van der Waals surface area contributed by atoms with Gasteiger partial charge in [0, 0.05) is 17.8 Å². The van der Waals surface area contributed by atoms with Crippen molar-refractivity contribution in [3.63, 3.8) is 0 Å². The Labute approximate surface area is 161 Å². The van der Waals surface area contributed by atoms with Gasteiger partial charge in [0.15, 0.2) is 0 Å². The van der Waals surface area contributed by atoms with Crippen molar-refractivity contribution in [2.45, 2.75) is 51.5 Å². The Morgan fingerprint density at radius 2 is 2.00 bits per heavy atom. The molecule has 3 aromatic rings. The van der Waals surface area contributed by atoms with Gasteiger partial charge in [0.05, 0.1) is 28.5 Å². The first-order chi connectivity index (χ1) is 12.7. The van der Waals surface area contributed by atoms with E-state index < -0.39 is 0 Å². The van der Waals surface area contributed by atoms with Gasteiger partial charge in [0.1, 0.15) is 15.7 Å². The molecule has 1 aliphatic carbocycles. The Balaban J connectivity index is 1.51. The van der Waals surface area contributed by atoms with Crippen LogP contribution < -0.4 is 5.73 Å². The fourth-order valence-corrected chi connectivity index (χ4v) is 5.49. The second-order valence-electron chi connectivity index (χ2n) is 6.94. The number of aryl methyl sites for hydroxylation is 1. The molecule has 1 atom stereocenters. The van der Waals surface area contributed by atoms with Crippen molar-refractivity contribution in [1.82, 2.24) is 19.9 Å². The second-order valence-corrected chi connectivity index (χ2v) is 8.83. The van der Waals surface area contributed by atoms with E-state index in [1.807, 2.05) is 6.92 Å². The Hall–Kier alpha value is -1.70. The fourth-order valence-electron chi connectivity index (χ4n) is 3.60. The number of thiazole rings is 2. The van der Waals surface area contributed by atoms with Crippen LogP contribution in [0.4, 0.5) is 0 Å². The number of rotatable bonds is 5. The third-order valence-electron chi connectivity index (χ3n) is 4.96. The third kappa shape index (κ3) is 3.84. The quantitative estimate of drug-likeness (QED) is 0.668. The zero-order valence-electron chi connectivity index (χ0n) is 14.9. The lowest BCUT2D eigenvalue weighted by Crippen LogP contribution is -2.17. The Kier molecular flexibility index (Phi) is 5.38. The normalized spacial score (nSPS) is 16.7. The van der Waals surface area contributed by atoms with Gasteiger partial charge in [-0.1, -0.05) is 32.1 Å². The third-order valence-corrected chi connectivity index (χ3v) is 7.14. The summed E-state index contributed by atoms with van der Waals surface area (Å²) in [7, 11) is 0. The van der Waals surface area contributed by atoms with Crippen LogP contribution >= 0.6 is 22.7 Å². The van der Waals surface area contributed by atoms with Crippen LogP contribution in [-0.4, -0.2) is 19.9 Å². The van der Waals surface area contributed by atoms with Crippen LogP contribution in [0.25, 0.3) is 21.3 Å². The number of hydrogen-bond donors (Lipinski definition) is 1. The summed E-state index contributed by atoms with van der Waals surface area (Å²) in [6, 6.07) is 0.0459. The smallest absolute Gasteiger partial charge is 0.144 e. The van der Waals surface area contributed by atoms with Gasteiger partial charge in [-0.25, -0.2) is 9.97 Å². The van der Waals surface area contributed by atoms with Crippen molar-refractivity contribution in [3.05, 3.63) is 34.7 Å². The van der Waals surface area contributed by atoms with E-state index in [0.29, 0.717) is 0 Å². The highest BCUT2D eigenvalue weighted by atomic mass is 32.1. The average Bonchev–Trinajstić information content (AvgIpc) is 3.30. The molecule has 136 valence electrons. The summed E-state index contributed by atoms with van der Waals surface area (Å²) < 4.78 is 0. The van der Waals surface area contributed by atoms with Crippen LogP contribution in [0.1, 0.15) is 55.3 Å². The Morgan fingerprint density at radius 1 is 1.15 bits per heavy atom. The molecule has 5 nitrogen and oxygen atoms in total. The SMILES string of the molecule is Cc1nc(-c2cnccn2)sc1-c1csc(C(N)CC2CCCCC2)n1. The standard InChI is InChI=1S/C19H23N5S2/c1-12-17(26-19(23-12)15-10-21-7-8-22-15)16-11-25-18(24-16)14(20)9-13-5-3-2-4-6-13/h7-8,10-11,13-14H,2-6,9,20H2,1H3. The summed E-state index contributed by atoms with van der Waals surface area (Å²) in [5.41, 5.74) is 9.23. The molecule has 1 unspecified atom stereocenters. The molecule has 26 heavy (non-hydrogen) atoms. The molecule has 1 saturated carbocycles. The van der Waals surface area contributed by atoms with Gasteiger partial charge < -0.3 is 5.73 Å². The summed E-state index contributed by atoms with van der Waals surface area (Å²) in [6.45, 7) is 2.02. The average molecular weight is 386 g/mol. The first kappa shape index (κ1) is 17.7. The van der Waals surface area contributed by atoms with Crippen molar-refractivity contribution < 1.29 is 0 Å². The molecule has 1 fully saturated rings. The minimum Gasteiger partial charge on any atom is -0.322 e. The number of nitrogens with zero attached hydrogens (tertiary/aromatic N) is 4. The van der Waals surface area contributed by atoms with Crippen molar-refractivity contribution >= 4 is 22.7 Å². The van der Waals surface area contributed by atoms with Crippen molar-refractivity contribution in [2.75, 3.05) is 0 Å². The predicted molar refractivity (Wildman–Crippen MR) is 107 cm³/mol. The van der Waals surface area contributed by atoms with Crippen LogP contribution in [0.2, 0.25) is 0 Å². The molecule has 0 saturated heterocycles. The van der Waals surface area contributed by atoms with E-state index in [-0.39, 0.29) is 6.04 Å². The minimum atomic E-state index is 0.0459. The summed E-state index contributed by atoms with van der Waals surface area (Å²) in [5, 5.41) is 4.03. The molecular weight excluding hydrogens is 362 g/mol. The second kappa shape index (κ2) is 7.90. The van der Waals surface area contributed by atoms with E-state index in [2.05, 4.69) is 20.3 Å². The Morgan fingerprint density at radius 3 is 2.77 bits per heavy atom. The van der Waals surface area contributed by atoms with Gasteiger partial charge in [-0.3, -0.25) is 9.97 Å². The molecule has 0 radical (unpaired) electrons. The molecule has 0 spiro atoms. The van der Waals surface area contributed by atoms with Gasteiger partial charge in [-0.2, -0.15) is 0 Å². The molecule has 0 amide bonds. The lowest BCUT2D eigenvalue weighted by Gasteiger charge is -2.23. The van der Waals surface area contributed by atoms with Crippen LogP contribution in [0.3, 0.4) is 0 Å². The van der Waals surface area contributed by atoms with Crippen LogP contribution in [0.5, 0.6) is 0 Å². The topological polar surface area (TPSA) is 77.6 Å². The molecule has 2 N–H and O–H groups in total. The minimum absolute atomic E-state index is 0.0459. The number of aromatic nitrogens is 4. The highest BCUT2D eigenvalue weighted by Crippen LogP contribution is 2.37. The van der Waals surface area contributed by atoms with Gasteiger partial charge >= 0.3 is 0 Å². The van der Waals surface area contributed by atoms with Crippen molar-refractivity contribution in [3.8, 4) is 21.3 Å². The van der Waals surface area contributed by atoms with Crippen LogP contribution in [-0.2, 0) is 0 Å². The monoisotopic (exact) mass is 385 g/mol. The molecule has 0 aliphatic heterocycles. The lowest BCUT2D eigenvalue weighted by molar-refractivity contribution is 0.319. The maximum absolute atomic E-state index is 6.47. The first-order valence-corrected chi connectivity index (χ1v) is 10.9. The van der Waals surface area contributed by atoms with Crippen LogP contribution in [0, 0.1) is 12.8 Å². The fraction of sp³-hybridized carbons (Fsp3) is 0.474. The summed E-state index contributed by atoms with van der Waals surface area (Å²) in [4.78, 5) is 19.1. The molecule has 3 aromatic heterocycles. The highest BCUT2D eigenvalue weighted by Gasteiger charge is 2.21.